The number of carbonyl (C=O) groups is 2. The number of carbonyl (C=O) groups excluding carboxylic acids is 2. The zero-order valence-electron chi connectivity index (χ0n) is 17.7. The molecular formula is C27H22Br2N2O2. The fourth-order valence-corrected chi connectivity index (χ4v) is 4.24. The molecule has 4 nitrogen and oxygen atoms in total. The van der Waals surface area contributed by atoms with E-state index in [0.717, 1.165) is 22.5 Å². The molecule has 2 N–H and O–H groups in total. The monoisotopic (exact) mass is 564 g/mol. The van der Waals surface area contributed by atoms with Crippen LogP contribution in [0.15, 0.2) is 91.0 Å². The topological polar surface area (TPSA) is 58.2 Å². The SMILES string of the molecule is O=C(CBr)Nc1ccc(C(c2ccc(NC(=O)CBr)cc2)c2cccc3ccccc23)cc1. The zero-order chi connectivity index (χ0) is 23.2. The van der Waals surface area contributed by atoms with E-state index in [1.165, 1.54) is 16.3 Å². The van der Waals surface area contributed by atoms with E-state index in [1.54, 1.807) is 0 Å². The molecule has 0 radical (unpaired) electrons. The first-order chi connectivity index (χ1) is 16.1. The van der Waals surface area contributed by atoms with Crippen molar-refractivity contribution in [2.45, 2.75) is 5.92 Å². The smallest absolute Gasteiger partial charge is 0.235 e. The average Bonchev–Trinajstić information content (AvgIpc) is 2.86. The van der Waals surface area contributed by atoms with Crippen LogP contribution in [0, 0.1) is 0 Å². The molecule has 166 valence electrons. The maximum Gasteiger partial charge on any atom is 0.235 e. The Morgan fingerprint density at radius 2 is 1.12 bits per heavy atom. The summed E-state index contributed by atoms with van der Waals surface area (Å²) >= 11 is 6.36. The summed E-state index contributed by atoms with van der Waals surface area (Å²) in [5.74, 6) is -0.193. The predicted octanol–water partition coefficient (Wildman–Crippen LogP) is 6.69. The largest absolute Gasteiger partial charge is 0.325 e. The standard InChI is InChI=1S/C27H22Br2N2O2/c28-16-25(32)30-21-12-8-19(9-13-21)27(20-10-14-22(15-11-20)31-26(33)17-29)24-7-3-5-18-4-1-2-6-23(18)24/h1-15,27H,16-17H2,(H,30,32)(H,31,33). The molecule has 0 bridgehead atoms. The summed E-state index contributed by atoms with van der Waals surface area (Å²) in [6.07, 6.45) is 0. The van der Waals surface area contributed by atoms with E-state index in [0.29, 0.717) is 0 Å². The van der Waals surface area contributed by atoms with Crippen molar-refractivity contribution in [1.82, 2.24) is 0 Å². The highest BCUT2D eigenvalue weighted by Crippen LogP contribution is 2.37. The van der Waals surface area contributed by atoms with Gasteiger partial charge >= 0.3 is 0 Å². The molecule has 0 saturated carbocycles. The normalized spacial score (nSPS) is 10.9. The van der Waals surface area contributed by atoms with Crippen LogP contribution in [0.5, 0.6) is 0 Å². The maximum absolute atomic E-state index is 11.7. The summed E-state index contributed by atoms with van der Waals surface area (Å²) in [5.41, 5.74) is 4.93. The number of hydrogen-bond donors (Lipinski definition) is 2. The molecule has 2 amide bonds. The van der Waals surface area contributed by atoms with Crippen molar-refractivity contribution in [3.8, 4) is 0 Å². The molecule has 0 aliphatic heterocycles. The maximum atomic E-state index is 11.7. The first-order valence-electron chi connectivity index (χ1n) is 10.5. The Morgan fingerprint density at radius 3 is 1.64 bits per heavy atom. The summed E-state index contributed by atoms with van der Waals surface area (Å²) in [7, 11) is 0. The van der Waals surface area contributed by atoms with E-state index < -0.39 is 0 Å². The molecule has 33 heavy (non-hydrogen) atoms. The van der Waals surface area contributed by atoms with Gasteiger partial charge in [-0.15, -0.1) is 0 Å². The highest BCUT2D eigenvalue weighted by Gasteiger charge is 2.19. The lowest BCUT2D eigenvalue weighted by molar-refractivity contribution is -0.114. The second kappa shape index (κ2) is 10.8. The van der Waals surface area contributed by atoms with Crippen LogP contribution in [0.2, 0.25) is 0 Å². The van der Waals surface area contributed by atoms with Crippen LogP contribution in [-0.2, 0) is 9.59 Å². The zero-order valence-corrected chi connectivity index (χ0v) is 20.9. The van der Waals surface area contributed by atoms with Gasteiger partial charge in [0, 0.05) is 17.3 Å². The molecule has 0 fully saturated rings. The predicted molar refractivity (Wildman–Crippen MR) is 143 cm³/mol. The number of benzene rings is 4. The molecule has 0 unspecified atom stereocenters. The molecule has 0 heterocycles. The minimum atomic E-state index is -0.0885. The van der Waals surface area contributed by atoms with Gasteiger partial charge in [0.15, 0.2) is 0 Å². The third-order valence-corrected chi connectivity index (χ3v) is 6.45. The summed E-state index contributed by atoms with van der Waals surface area (Å²) in [6, 6.07) is 30.7. The Labute approximate surface area is 209 Å². The van der Waals surface area contributed by atoms with Crippen molar-refractivity contribution in [1.29, 1.82) is 0 Å². The van der Waals surface area contributed by atoms with Gasteiger partial charge in [-0.3, -0.25) is 9.59 Å². The lowest BCUT2D eigenvalue weighted by Gasteiger charge is -2.21. The second-order valence-electron chi connectivity index (χ2n) is 7.61. The molecular weight excluding hydrogens is 544 g/mol. The van der Waals surface area contributed by atoms with E-state index in [4.69, 9.17) is 0 Å². The molecule has 0 aliphatic carbocycles. The van der Waals surface area contributed by atoms with E-state index in [2.05, 4.69) is 103 Å². The van der Waals surface area contributed by atoms with Crippen LogP contribution in [0.4, 0.5) is 11.4 Å². The Hall–Kier alpha value is -2.96. The van der Waals surface area contributed by atoms with Gasteiger partial charge in [-0.2, -0.15) is 0 Å². The highest BCUT2D eigenvalue weighted by atomic mass is 79.9. The summed E-state index contributed by atoms with van der Waals surface area (Å²) in [4.78, 5) is 23.5. The summed E-state index contributed by atoms with van der Waals surface area (Å²) < 4.78 is 0. The van der Waals surface area contributed by atoms with Crippen molar-refractivity contribution < 1.29 is 9.59 Å². The van der Waals surface area contributed by atoms with E-state index in [9.17, 15) is 9.59 Å². The van der Waals surface area contributed by atoms with Gasteiger partial charge in [0.05, 0.1) is 10.7 Å². The van der Waals surface area contributed by atoms with Crippen LogP contribution in [0.1, 0.15) is 22.6 Å². The minimum Gasteiger partial charge on any atom is -0.325 e. The van der Waals surface area contributed by atoms with Gasteiger partial charge in [0.25, 0.3) is 0 Å². The lowest BCUT2D eigenvalue weighted by atomic mass is 9.82. The number of amides is 2. The Bertz CT molecular complexity index is 1200. The van der Waals surface area contributed by atoms with Crippen LogP contribution >= 0.6 is 31.9 Å². The Kier molecular flexibility index (Phi) is 7.57. The second-order valence-corrected chi connectivity index (χ2v) is 8.73. The molecule has 0 aromatic heterocycles. The summed E-state index contributed by atoms with van der Waals surface area (Å²) in [6.45, 7) is 0. The van der Waals surface area contributed by atoms with Crippen LogP contribution in [0.25, 0.3) is 10.8 Å². The number of hydrogen-bond acceptors (Lipinski definition) is 2. The van der Waals surface area contributed by atoms with Crippen molar-refractivity contribution in [2.24, 2.45) is 0 Å². The average molecular weight is 566 g/mol. The number of halogens is 2. The molecule has 0 atom stereocenters. The third kappa shape index (κ3) is 5.52. The van der Waals surface area contributed by atoms with E-state index in [1.807, 2.05) is 30.3 Å². The van der Waals surface area contributed by atoms with Gasteiger partial charge in [-0.25, -0.2) is 0 Å². The first kappa shape index (κ1) is 23.2. The summed E-state index contributed by atoms with van der Waals surface area (Å²) in [5, 5.41) is 8.62. The van der Waals surface area contributed by atoms with Crippen LogP contribution < -0.4 is 10.6 Å². The molecule has 6 heteroatoms. The molecule has 0 saturated heterocycles. The van der Waals surface area contributed by atoms with Crippen LogP contribution in [0.3, 0.4) is 0 Å². The van der Waals surface area contributed by atoms with E-state index in [-0.39, 0.29) is 28.4 Å². The van der Waals surface area contributed by atoms with Crippen molar-refractivity contribution in [2.75, 3.05) is 21.3 Å². The van der Waals surface area contributed by atoms with Crippen molar-refractivity contribution in [3.05, 3.63) is 108 Å². The van der Waals surface area contributed by atoms with Gasteiger partial charge in [0.2, 0.25) is 11.8 Å². The van der Waals surface area contributed by atoms with Gasteiger partial charge in [-0.1, -0.05) is 98.6 Å². The molecule has 4 rings (SSSR count). The number of nitrogens with one attached hydrogen (secondary N) is 2. The molecule has 0 spiro atoms. The number of anilines is 2. The minimum absolute atomic E-state index is 0.0158. The first-order valence-corrected chi connectivity index (χ1v) is 12.7. The van der Waals surface area contributed by atoms with Crippen molar-refractivity contribution >= 4 is 65.8 Å². The number of rotatable bonds is 7. The van der Waals surface area contributed by atoms with Crippen molar-refractivity contribution in [3.63, 3.8) is 0 Å². The lowest BCUT2D eigenvalue weighted by Crippen LogP contribution is -2.13. The number of fused-ring (bicyclic) bond motifs is 1. The number of alkyl halides is 2. The molecule has 4 aromatic carbocycles. The molecule has 4 aromatic rings. The van der Waals surface area contributed by atoms with E-state index >= 15 is 0 Å². The fourth-order valence-electron chi connectivity index (χ4n) is 3.96. The highest BCUT2D eigenvalue weighted by molar-refractivity contribution is 9.09. The molecule has 0 aliphatic rings. The van der Waals surface area contributed by atoms with Gasteiger partial charge in [0.1, 0.15) is 0 Å². The third-order valence-electron chi connectivity index (χ3n) is 5.43. The van der Waals surface area contributed by atoms with Gasteiger partial charge in [-0.05, 0) is 51.7 Å². The Balaban J connectivity index is 1.77. The quantitative estimate of drug-likeness (QED) is 0.194. The Morgan fingerprint density at radius 1 is 0.636 bits per heavy atom. The fraction of sp³-hybridized carbons (Fsp3) is 0.111. The van der Waals surface area contributed by atoms with Gasteiger partial charge < -0.3 is 10.6 Å². The van der Waals surface area contributed by atoms with Crippen LogP contribution in [-0.4, -0.2) is 22.5 Å².